The number of hydrogen-bond acceptors (Lipinski definition) is 5. The normalized spacial score (nSPS) is 12.3. The molecule has 2 heterocycles. The Labute approximate surface area is 173 Å². The van der Waals surface area contributed by atoms with Crippen molar-refractivity contribution < 1.29 is 9.47 Å². The van der Waals surface area contributed by atoms with Gasteiger partial charge in [0.15, 0.2) is 22.5 Å². The van der Waals surface area contributed by atoms with E-state index in [4.69, 9.17) is 9.47 Å². The number of thioether (sulfide) groups is 1. The van der Waals surface area contributed by atoms with Gasteiger partial charge in [-0.05, 0) is 23.3 Å². The molecule has 6 heteroatoms. The molecule has 0 bridgehead atoms. The summed E-state index contributed by atoms with van der Waals surface area (Å²) in [6.45, 7) is 0.934. The molecule has 0 aliphatic carbocycles. The molecule has 3 aromatic carbocycles. The van der Waals surface area contributed by atoms with E-state index < -0.39 is 0 Å². The van der Waals surface area contributed by atoms with Crippen LogP contribution in [0.15, 0.2) is 84.0 Å². The van der Waals surface area contributed by atoms with Gasteiger partial charge in [0.1, 0.15) is 0 Å². The Morgan fingerprint density at radius 3 is 2.38 bits per heavy atom. The highest BCUT2D eigenvalue weighted by Gasteiger charge is 2.17. The third kappa shape index (κ3) is 3.84. The van der Waals surface area contributed by atoms with Gasteiger partial charge in [0.05, 0.1) is 6.54 Å². The summed E-state index contributed by atoms with van der Waals surface area (Å²) < 4.78 is 13.1. The van der Waals surface area contributed by atoms with E-state index in [0.717, 1.165) is 39.4 Å². The van der Waals surface area contributed by atoms with Crippen molar-refractivity contribution in [1.82, 2.24) is 14.8 Å². The maximum atomic E-state index is 5.54. The van der Waals surface area contributed by atoms with E-state index in [9.17, 15) is 0 Å². The lowest BCUT2D eigenvalue weighted by Crippen LogP contribution is -2.04. The van der Waals surface area contributed by atoms with E-state index in [1.54, 1.807) is 11.8 Å². The van der Waals surface area contributed by atoms with Crippen molar-refractivity contribution in [2.75, 3.05) is 6.79 Å². The molecule has 0 atom stereocenters. The third-order valence-electron chi connectivity index (χ3n) is 4.74. The average Bonchev–Trinajstić information content (AvgIpc) is 3.40. The molecule has 0 N–H and O–H groups in total. The number of hydrogen-bond donors (Lipinski definition) is 0. The summed E-state index contributed by atoms with van der Waals surface area (Å²) in [5, 5.41) is 9.89. The summed E-state index contributed by atoms with van der Waals surface area (Å²) in [7, 11) is 0. The molecule has 5 nitrogen and oxygen atoms in total. The Kier molecular flexibility index (Phi) is 4.92. The number of benzene rings is 3. The number of fused-ring (bicyclic) bond motifs is 1. The molecule has 0 saturated carbocycles. The molecule has 0 spiro atoms. The fraction of sp³-hybridized carbons (Fsp3) is 0.130. The van der Waals surface area contributed by atoms with E-state index in [0.29, 0.717) is 6.54 Å². The highest BCUT2D eigenvalue weighted by molar-refractivity contribution is 7.98. The zero-order chi connectivity index (χ0) is 19.5. The van der Waals surface area contributed by atoms with E-state index in [2.05, 4.69) is 57.2 Å². The standard InChI is InChI=1S/C23H19N3O2S/c1-3-7-17(8-4-1)15-29-23-25-24-22(19-9-5-2-6-10-19)26(23)14-18-11-12-20-21(13-18)28-16-27-20/h1-13H,14-16H2. The molecule has 0 fully saturated rings. The quantitative estimate of drug-likeness (QED) is 0.425. The maximum absolute atomic E-state index is 5.54. The van der Waals surface area contributed by atoms with Crippen LogP contribution in [0.4, 0.5) is 0 Å². The van der Waals surface area contributed by atoms with E-state index in [-0.39, 0.29) is 6.79 Å². The summed E-state index contributed by atoms with van der Waals surface area (Å²) in [6, 6.07) is 26.6. The summed E-state index contributed by atoms with van der Waals surface area (Å²) in [4.78, 5) is 0. The molecule has 1 aromatic heterocycles. The minimum Gasteiger partial charge on any atom is -0.454 e. The van der Waals surface area contributed by atoms with Crippen molar-refractivity contribution in [3.05, 3.63) is 90.0 Å². The van der Waals surface area contributed by atoms with Gasteiger partial charge >= 0.3 is 0 Å². The van der Waals surface area contributed by atoms with Gasteiger partial charge in [-0.25, -0.2) is 0 Å². The van der Waals surface area contributed by atoms with Crippen LogP contribution in [-0.4, -0.2) is 21.6 Å². The van der Waals surface area contributed by atoms with Crippen LogP contribution in [-0.2, 0) is 12.3 Å². The Balaban J connectivity index is 1.47. The van der Waals surface area contributed by atoms with Gasteiger partial charge in [-0.1, -0.05) is 78.5 Å². The lowest BCUT2D eigenvalue weighted by Gasteiger charge is -2.11. The van der Waals surface area contributed by atoms with Crippen molar-refractivity contribution in [3.8, 4) is 22.9 Å². The predicted octanol–water partition coefficient (Wildman–Crippen LogP) is 5.01. The fourth-order valence-electron chi connectivity index (χ4n) is 3.28. The van der Waals surface area contributed by atoms with Gasteiger partial charge in [0.25, 0.3) is 0 Å². The van der Waals surface area contributed by atoms with E-state index in [1.165, 1.54) is 5.56 Å². The Bertz CT molecular complexity index is 1110. The minimum absolute atomic E-state index is 0.277. The van der Waals surface area contributed by atoms with Crippen molar-refractivity contribution in [3.63, 3.8) is 0 Å². The molecule has 4 aromatic rings. The largest absolute Gasteiger partial charge is 0.454 e. The van der Waals surface area contributed by atoms with Crippen LogP contribution in [0.1, 0.15) is 11.1 Å². The first-order valence-electron chi connectivity index (χ1n) is 9.41. The molecule has 0 radical (unpaired) electrons. The topological polar surface area (TPSA) is 49.2 Å². The second kappa shape index (κ2) is 8.01. The Morgan fingerprint density at radius 1 is 0.793 bits per heavy atom. The van der Waals surface area contributed by atoms with E-state index >= 15 is 0 Å². The van der Waals surface area contributed by atoms with Crippen LogP contribution in [0.25, 0.3) is 11.4 Å². The predicted molar refractivity (Wildman–Crippen MR) is 113 cm³/mol. The molecular formula is C23H19N3O2S. The lowest BCUT2D eigenvalue weighted by atomic mass is 10.2. The van der Waals surface area contributed by atoms with Crippen molar-refractivity contribution in [2.45, 2.75) is 17.5 Å². The second-order valence-electron chi connectivity index (χ2n) is 6.72. The van der Waals surface area contributed by atoms with Gasteiger partial charge in [0.2, 0.25) is 6.79 Å². The van der Waals surface area contributed by atoms with Crippen LogP contribution < -0.4 is 9.47 Å². The monoisotopic (exact) mass is 401 g/mol. The van der Waals surface area contributed by atoms with Crippen molar-refractivity contribution >= 4 is 11.8 Å². The first kappa shape index (κ1) is 17.8. The fourth-order valence-corrected chi connectivity index (χ4v) is 4.18. The van der Waals surface area contributed by atoms with Gasteiger partial charge in [-0.3, -0.25) is 4.57 Å². The zero-order valence-electron chi connectivity index (χ0n) is 15.7. The Morgan fingerprint density at radius 2 is 1.55 bits per heavy atom. The van der Waals surface area contributed by atoms with Gasteiger partial charge in [-0.2, -0.15) is 0 Å². The summed E-state index contributed by atoms with van der Waals surface area (Å²) in [5.41, 5.74) is 3.43. The Hall–Kier alpha value is -3.25. The summed E-state index contributed by atoms with van der Waals surface area (Å²) >= 11 is 1.69. The van der Waals surface area contributed by atoms with Gasteiger partial charge in [0, 0.05) is 11.3 Å². The lowest BCUT2D eigenvalue weighted by molar-refractivity contribution is 0.174. The first-order valence-corrected chi connectivity index (χ1v) is 10.4. The number of aromatic nitrogens is 3. The van der Waals surface area contributed by atoms with Crippen molar-refractivity contribution in [1.29, 1.82) is 0 Å². The molecule has 0 amide bonds. The maximum Gasteiger partial charge on any atom is 0.231 e. The molecule has 144 valence electrons. The molecule has 1 aliphatic rings. The van der Waals surface area contributed by atoms with Crippen molar-refractivity contribution in [2.24, 2.45) is 0 Å². The van der Waals surface area contributed by atoms with Crippen LogP contribution in [0, 0.1) is 0 Å². The van der Waals surface area contributed by atoms with Crippen LogP contribution in [0.2, 0.25) is 0 Å². The number of nitrogens with zero attached hydrogens (tertiary/aromatic N) is 3. The third-order valence-corrected chi connectivity index (χ3v) is 5.78. The second-order valence-corrected chi connectivity index (χ2v) is 7.66. The molecule has 5 rings (SSSR count). The smallest absolute Gasteiger partial charge is 0.231 e. The molecule has 0 unspecified atom stereocenters. The highest BCUT2D eigenvalue weighted by Crippen LogP contribution is 2.34. The molecular weight excluding hydrogens is 382 g/mol. The number of ether oxygens (including phenoxy) is 2. The van der Waals surface area contributed by atoms with E-state index in [1.807, 2.05) is 36.4 Å². The summed E-state index contributed by atoms with van der Waals surface area (Å²) in [5.74, 6) is 3.28. The molecule has 0 saturated heterocycles. The number of rotatable bonds is 6. The SMILES string of the molecule is c1ccc(CSc2nnc(-c3ccccc3)n2Cc2ccc3c(c2)OCO3)cc1. The van der Waals surface area contributed by atoms with Crippen LogP contribution in [0.5, 0.6) is 11.5 Å². The van der Waals surface area contributed by atoms with Gasteiger partial charge in [-0.15, -0.1) is 10.2 Å². The highest BCUT2D eigenvalue weighted by atomic mass is 32.2. The van der Waals surface area contributed by atoms with Crippen LogP contribution in [0.3, 0.4) is 0 Å². The summed E-state index contributed by atoms with van der Waals surface area (Å²) in [6.07, 6.45) is 0. The minimum atomic E-state index is 0.277. The molecule has 1 aliphatic heterocycles. The molecule has 29 heavy (non-hydrogen) atoms. The first-order chi connectivity index (χ1) is 14.4. The van der Waals surface area contributed by atoms with Crippen LogP contribution >= 0.6 is 11.8 Å². The average molecular weight is 401 g/mol. The zero-order valence-corrected chi connectivity index (χ0v) is 16.5. The van der Waals surface area contributed by atoms with Gasteiger partial charge < -0.3 is 9.47 Å².